The van der Waals surface area contributed by atoms with E-state index in [0.717, 1.165) is 46.9 Å². The van der Waals surface area contributed by atoms with Crippen LogP contribution in [0.2, 0.25) is 10.0 Å². The molecule has 0 spiro atoms. The fourth-order valence-electron chi connectivity index (χ4n) is 7.00. The Balaban J connectivity index is 1.29. The minimum atomic E-state index is 0.412. The number of ether oxygens (including phenoxy) is 2. The zero-order valence-corrected chi connectivity index (χ0v) is 20.5. The fourth-order valence-corrected chi connectivity index (χ4v) is 7.32. The predicted octanol–water partition coefficient (Wildman–Crippen LogP) is 7.28. The van der Waals surface area contributed by atoms with Gasteiger partial charge in [-0.1, -0.05) is 41.4 Å². The van der Waals surface area contributed by atoms with Gasteiger partial charge in [-0.3, -0.25) is 0 Å². The highest BCUT2D eigenvalue weighted by molar-refractivity contribution is 6.42. The molecule has 4 aliphatic rings. The van der Waals surface area contributed by atoms with Crippen LogP contribution in [0.1, 0.15) is 56.6 Å². The topological polar surface area (TPSA) is 30.5 Å². The maximum atomic E-state index is 6.25. The van der Waals surface area contributed by atoms with Crippen molar-refractivity contribution >= 4 is 23.2 Å². The molecule has 1 N–H and O–H groups in total. The Morgan fingerprint density at radius 2 is 1.69 bits per heavy atom. The van der Waals surface area contributed by atoms with Gasteiger partial charge in [-0.15, -0.1) is 0 Å². The van der Waals surface area contributed by atoms with Crippen LogP contribution in [0.25, 0.3) is 0 Å². The van der Waals surface area contributed by atoms with Crippen LogP contribution < -0.4 is 14.8 Å². The van der Waals surface area contributed by atoms with Gasteiger partial charge in [-0.25, -0.2) is 0 Å². The number of hydrogen-bond donors (Lipinski definition) is 1. The number of benzene rings is 2. The molecule has 5 heteroatoms. The Hall–Kier alpha value is -1.42. The quantitative estimate of drug-likeness (QED) is 0.436. The SMILES string of the molecule is COc1cccc(CNC(C)C23CC4CC(CC(C4)C2)C3)c1OCc1ccc(Cl)c(Cl)c1. The molecule has 0 amide bonds. The predicted molar refractivity (Wildman–Crippen MR) is 131 cm³/mol. The molecule has 2 aromatic carbocycles. The van der Waals surface area contributed by atoms with Gasteiger partial charge in [-0.05, 0) is 92.4 Å². The molecule has 1 unspecified atom stereocenters. The standard InChI is InChI=1S/C27H33Cl2NO2/c1-17(27-12-19-8-20(13-27)10-21(9-19)14-27)30-15-22-4-3-5-25(31-2)26(22)32-16-18-6-7-23(28)24(29)11-18/h3-7,11,17,19-21,30H,8-10,12-16H2,1-2H3. The van der Waals surface area contributed by atoms with E-state index in [9.17, 15) is 0 Å². The van der Waals surface area contributed by atoms with Crippen molar-refractivity contribution in [1.82, 2.24) is 5.32 Å². The molecule has 0 aliphatic heterocycles. The lowest BCUT2D eigenvalue weighted by Crippen LogP contribution is -2.54. The van der Waals surface area contributed by atoms with E-state index in [1.54, 1.807) is 13.2 Å². The van der Waals surface area contributed by atoms with Crippen molar-refractivity contribution in [2.24, 2.45) is 23.2 Å². The third-order valence-electron chi connectivity index (χ3n) is 8.25. The van der Waals surface area contributed by atoms with Crippen molar-refractivity contribution in [3.63, 3.8) is 0 Å². The Kier molecular flexibility index (Phi) is 6.35. The van der Waals surface area contributed by atoms with E-state index >= 15 is 0 Å². The summed E-state index contributed by atoms with van der Waals surface area (Å²) in [6.07, 6.45) is 8.67. The van der Waals surface area contributed by atoms with Crippen LogP contribution >= 0.6 is 23.2 Å². The average molecular weight is 474 g/mol. The zero-order valence-electron chi connectivity index (χ0n) is 19.0. The van der Waals surface area contributed by atoms with Gasteiger partial charge in [0.25, 0.3) is 0 Å². The van der Waals surface area contributed by atoms with E-state index < -0.39 is 0 Å². The van der Waals surface area contributed by atoms with Crippen LogP contribution in [0, 0.1) is 23.2 Å². The molecule has 1 atom stereocenters. The van der Waals surface area contributed by atoms with Crippen LogP contribution in [-0.2, 0) is 13.2 Å². The van der Waals surface area contributed by atoms with Crippen LogP contribution in [0.15, 0.2) is 36.4 Å². The van der Waals surface area contributed by atoms with Crippen LogP contribution in [0.5, 0.6) is 11.5 Å². The molecule has 4 saturated carbocycles. The number of methoxy groups -OCH3 is 1. The highest BCUT2D eigenvalue weighted by Gasteiger charge is 2.52. The van der Waals surface area contributed by atoms with Gasteiger partial charge in [0.15, 0.2) is 11.5 Å². The van der Waals surface area contributed by atoms with E-state index in [2.05, 4.69) is 18.3 Å². The van der Waals surface area contributed by atoms with Gasteiger partial charge in [0, 0.05) is 18.2 Å². The maximum Gasteiger partial charge on any atom is 0.166 e. The van der Waals surface area contributed by atoms with E-state index in [-0.39, 0.29) is 0 Å². The molecule has 172 valence electrons. The van der Waals surface area contributed by atoms with Crippen molar-refractivity contribution in [3.05, 3.63) is 57.6 Å². The minimum absolute atomic E-state index is 0.412. The number of para-hydroxylation sites is 1. The van der Waals surface area contributed by atoms with Crippen LogP contribution in [0.4, 0.5) is 0 Å². The molecule has 2 aromatic rings. The van der Waals surface area contributed by atoms with Crippen molar-refractivity contribution < 1.29 is 9.47 Å². The molecule has 32 heavy (non-hydrogen) atoms. The third-order valence-corrected chi connectivity index (χ3v) is 8.99. The van der Waals surface area contributed by atoms with Gasteiger partial charge >= 0.3 is 0 Å². The number of halogens is 2. The summed E-state index contributed by atoms with van der Waals surface area (Å²) in [6.45, 7) is 3.59. The van der Waals surface area contributed by atoms with Gasteiger partial charge in [0.2, 0.25) is 0 Å². The van der Waals surface area contributed by atoms with E-state index in [4.69, 9.17) is 32.7 Å². The van der Waals surface area contributed by atoms with E-state index in [0.29, 0.717) is 28.1 Å². The Morgan fingerprint density at radius 3 is 2.31 bits per heavy atom. The molecule has 6 rings (SSSR count). The van der Waals surface area contributed by atoms with Crippen LogP contribution in [-0.4, -0.2) is 13.2 Å². The van der Waals surface area contributed by atoms with Gasteiger partial charge < -0.3 is 14.8 Å². The molecule has 0 heterocycles. The summed E-state index contributed by atoms with van der Waals surface area (Å²) < 4.78 is 11.9. The lowest BCUT2D eigenvalue weighted by molar-refractivity contribution is -0.0706. The molecular weight excluding hydrogens is 441 g/mol. The lowest BCUT2D eigenvalue weighted by atomic mass is 9.48. The average Bonchev–Trinajstić information content (AvgIpc) is 2.77. The normalized spacial score (nSPS) is 29.2. The number of hydrogen-bond acceptors (Lipinski definition) is 3. The van der Waals surface area contributed by atoms with E-state index in [1.807, 2.05) is 24.3 Å². The Bertz CT molecular complexity index is 941. The first kappa shape index (κ1) is 22.4. The second kappa shape index (κ2) is 9.08. The highest BCUT2D eigenvalue weighted by atomic mass is 35.5. The summed E-state index contributed by atoms with van der Waals surface area (Å²) in [5.74, 6) is 4.45. The summed E-state index contributed by atoms with van der Waals surface area (Å²) in [5.41, 5.74) is 2.58. The smallest absolute Gasteiger partial charge is 0.166 e. The van der Waals surface area contributed by atoms with Gasteiger partial charge in [0.1, 0.15) is 6.61 Å². The number of rotatable bonds is 8. The highest BCUT2D eigenvalue weighted by Crippen LogP contribution is 2.61. The summed E-state index contributed by atoms with van der Waals surface area (Å²) >= 11 is 12.2. The summed E-state index contributed by atoms with van der Waals surface area (Å²) in [7, 11) is 1.69. The Morgan fingerprint density at radius 1 is 1.00 bits per heavy atom. The third kappa shape index (κ3) is 4.36. The van der Waals surface area contributed by atoms with Crippen molar-refractivity contribution in [3.8, 4) is 11.5 Å². The Labute approximate surface area is 201 Å². The van der Waals surface area contributed by atoms with E-state index in [1.165, 1.54) is 38.5 Å². The van der Waals surface area contributed by atoms with Gasteiger partial charge in [0.05, 0.1) is 17.2 Å². The molecule has 0 radical (unpaired) electrons. The largest absolute Gasteiger partial charge is 0.493 e. The molecule has 0 aromatic heterocycles. The lowest BCUT2D eigenvalue weighted by Gasteiger charge is -2.59. The maximum absolute atomic E-state index is 6.25. The molecule has 3 nitrogen and oxygen atoms in total. The zero-order chi connectivity index (χ0) is 22.3. The number of nitrogens with one attached hydrogen (secondary N) is 1. The second-order valence-electron chi connectivity index (χ2n) is 10.4. The first-order chi connectivity index (χ1) is 15.5. The monoisotopic (exact) mass is 473 g/mol. The van der Waals surface area contributed by atoms with Crippen molar-refractivity contribution in [1.29, 1.82) is 0 Å². The van der Waals surface area contributed by atoms with Crippen molar-refractivity contribution in [2.45, 2.75) is 64.6 Å². The first-order valence-electron chi connectivity index (χ1n) is 11.9. The molecular formula is C27H33Cl2NO2. The van der Waals surface area contributed by atoms with Crippen molar-refractivity contribution in [2.75, 3.05) is 7.11 Å². The second-order valence-corrected chi connectivity index (χ2v) is 11.2. The minimum Gasteiger partial charge on any atom is -0.493 e. The summed E-state index contributed by atoms with van der Waals surface area (Å²) in [4.78, 5) is 0. The molecule has 4 aliphatic carbocycles. The first-order valence-corrected chi connectivity index (χ1v) is 12.7. The summed E-state index contributed by atoms with van der Waals surface area (Å²) in [5, 5.41) is 4.98. The molecule has 4 fully saturated rings. The summed E-state index contributed by atoms with van der Waals surface area (Å²) in [6, 6.07) is 12.2. The molecule has 0 saturated heterocycles. The molecule has 4 bridgehead atoms. The van der Waals surface area contributed by atoms with Gasteiger partial charge in [-0.2, -0.15) is 0 Å². The van der Waals surface area contributed by atoms with Crippen LogP contribution in [0.3, 0.4) is 0 Å². The fraction of sp³-hybridized carbons (Fsp3) is 0.556.